The Kier molecular flexibility index (Phi) is 4.56. The summed E-state index contributed by atoms with van der Waals surface area (Å²) in [5.41, 5.74) is 1.09. The van der Waals surface area contributed by atoms with Crippen molar-refractivity contribution in [3.63, 3.8) is 0 Å². The number of hydrogen-bond donors (Lipinski definition) is 1. The molecule has 0 radical (unpaired) electrons. The molecule has 3 aromatic rings. The number of imidazole rings is 1. The number of anilines is 1. The molecule has 0 amide bonds. The molecular formula is C17H18FN5O2S. The number of piperidine rings is 1. The van der Waals surface area contributed by atoms with Crippen LogP contribution in [0.4, 0.5) is 16.0 Å². The minimum absolute atomic E-state index is 0.00464. The van der Waals surface area contributed by atoms with Gasteiger partial charge in [0.05, 0.1) is 0 Å². The molecule has 1 aromatic carbocycles. The molecular weight excluding hydrogens is 357 g/mol. The fourth-order valence-corrected chi connectivity index (χ4v) is 4.03. The van der Waals surface area contributed by atoms with Gasteiger partial charge in [-0.15, -0.1) is 0 Å². The van der Waals surface area contributed by atoms with Gasteiger partial charge in [-0.25, -0.2) is 4.39 Å². The number of hydrogen-bond acceptors (Lipinski definition) is 6. The van der Waals surface area contributed by atoms with Gasteiger partial charge in [0.1, 0.15) is 12.0 Å². The summed E-state index contributed by atoms with van der Waals surface area (Å²) in [5, 5.41) is 16.4. The lowest BCUT2D eigenvalue weighted by molar-refractivity contribution is -0.389. The zero-order valence-electron chi connectivity index (χ0n) is 14.0. The smallest absolute Gasteiger partial charge is 0.360 e. The first kappa shape index (κ1) is 16.9. The highest BCUT2D eigenvalue weighted by atomic mass is 32.1. The van der Waals surface area contributed by atoms with Gasteiger partial charge >= 0.3 is 5.82 Å². The molecule has 7 nitrogen and oxygen atoms in total. The first-order chi connectivity index (χ1) is 12.6. The summed E-state index contributed by atoms with van der Waals surface area (Å²) in [5.74, 6) is 0.118. The van der Waals surface area contributed by atoms with Gasteiger partial charge in [-0.05, 0) is 35.5 Å². The third-order valence-electron chi connectivity index (χ3n) is 4.66. The number of fused-ring (bicyclic) bond motifs is 1. The first-order valence-electron chi connectivity index (χ1n) is 8.43. The Morgan fingerprint density at radius 3 is 2.73 bits per heavy atom. The Bertz CT molecular complexity index is 915. The average molecular weight is 375 g/mol. The molecule has 0 unspecified atom stereocenters. The molecule has 1 saturated heterocycles. The van der Waals surface area contributed by atoms with E-state index >= 15 is 0 Å². The second-order valence-corrected chi connectivity index (χ2v) is 7.29. The number of halogens is 1. The van der Waals surface area contributed by atoms with Crippen LogP contribution < -0.4 is 5.32 Å². The largest absolute Gasteiger partial charge is 0.372 e. The molecule has 0 bridgehead atoms. The van der Waals surface area contributed by atoms with Crippen LogP contribution in [-0.2, 0) is 6.54 Å². The van der Waals surface area contributed by atoms with E-state index in [1.165, 1.54) is 27.9 Å². The van der Waals surface area contributed by atoms with Crippen molar-refractivity contribution in [2.45, 2.75) is 25.4 Å². The van der Waals surface area contributed by atoms with Gasteiger partial charge in [-0.1, -0.05) is 23.5 Å². The maximum Gasteiger partial charge on any atom is 0.372 e. The fraction of sp³-hybridized carbons (Fsp3) is 0.353. The quantitative estimate of drug-likeness (QED) is 0.545. The van der Waals surface area contributed by atoms with Crippen LogP contribution in [0, 0.1) is 15.9 Å². The standard InChI is InChI=1S/C17H18FN5O2S/c18-13-3-1-12(2-4-13)11-21-7-5-14(6-8-21)19-15-16(23(24)25)22-9-10-26-17(22)20-15/h1-4,9-10,14,19H,5-8,11H2. The Morgan fingerprint density at radius 1 is 1.31 bits per heavy atom. The van der Waals surface area contributed by atoms with Crippen molar-refractivity contribution >= 4 is 27.9 Å². The summed E-state index contributed by atoms with van der Waals surface area (Å²) in [4.78, 5) is 18.3. The molecule has 1 aliphatic heterocycles. The van der Waals surface area contributed by atoms with Crippen molar-refractivity contribution in [1.82, 2.24) is 14.3 Å². The normalized spacial score (nSPS) is 16.2. The molecule has 1 aliphatic rings. The van der Waals surface area contributed by atoms with Gasteiger partial charge in [0.25, 0.3) is 4.96 Å². The van der Waals surface area contributed by atoms with E-state index in [0.29, 0.717) is 10.8 Å². The Hall–Kier alpha value is -2.52. The van der Waals surface area contributed by atoms with Crippen LogP contribution in [-0.4, -0.2) is 38.3 Å². The van der Waals surface area contributed by atoms with Gasteiger partial charge < -0.3 is 15.4 Å². The highest BCUT2D eigenvalue weighted by Crippen LogP contribution is 2.29. The van der Waals surface area contributed by atoms with Gasteiger partial charge in [0.15, 0.2) is 0 Å². The van der Waals surface area contributed by atoms with E-state index in [4.69, 9.17) is 0 Å². The third-order valence-corrected chi connectivity index (χ3v) is 5.41. The summed E-state index contributed by atoms with van der Waals surface area (Å²) in [6.07, 6.45) is 3.43. The maximum atomic E-state index is 13.0. The number of nitro groups is 1. The van der Waals surface area contributed by atoms with Crippen molar-refractivity contribution in [3.05, 3.63) is 57.3 Å². The van der Waals surface area contributed by atoms with Crippen LogP contribution in [0.2, 0.25) is 0 Å². The highest BCUT2D eigenvalue weighted by molar-refractivity contribution is 7.15. The monoisotopic (exact) mass is 375 g/mol. The lowest BCUT2D eigenvalue weighted by atomic mass is 10.0. The summed E-state index contributed by atoms with van der Waals surface area (Å²) >= 11 is 1.38. The summed E-state index contributed by atoms with van der Waals surface area (Å²) in [6.45, 7) is 2.55. The van der Waals surface area contributed by atoms with Gasteiger partial charge in [0, 0.05) is 31.1 Å². The van der Waals surface area contributed by atoms with Crippen molar-refractivity contribution in [1.29, 1.82) is 0 Å². The maximum absolute atomic E-state index is 13.0. The van der Waals surface area contributed by atoms with Crippen LogP contribution in [0.5, 0.6) is 0 Å². The van der Waals surface area contributed by atoms with Crippen molar-refractivity contribution in [2.75, 3.05) is 18.4 Å². The zero-order chi connectivity index (χ0) is 18.1. The van der Waals surface area contributed by atoms with Gasteiger partial charge in [-0.3, -0.25) is 4.90 Å². The molecule has 0 spiro atoms. The average Bonchev–Trinajstić information content (AvgIpc) is 3.19. The number of thiazole rings is 1. The molecule has 1 N–H and O–H groups in total. The van der Waals surface area contributed by atoms with Crippen LogP contribution >= 0.6 is 11.3 Å². The number of nitrogens with zero attached hydrogens (tertiary/aromatic N) is 4. The topological polar surface area (TPSA) is 75.7 Å². The summed E-state index contributed by atoms with van der Waals surface area (Å²) < 4.78 is 14.5. The molecule has 0 aliphatic carbocycles. The second-order valence-electron chi connectivity index (χ2n) is 6.42. The molecule has 136 valence electrons. The predicted molar refractivity (Wildman–Crippen MR) is 98.0 cm³/mol. The van der Waals surface area contributed by atoms with Crippen molar-refractivity contribution in [2.24, 2.45) is 0 Å². The van der Waals surface area contributed by atoms with Gasteiger partial charge in [-0.2, -0.15) is 9.38 Å². The van der Waals surface area contributed by atoms with E-state index < -0.39 is 4.92 Å². The van der Waals surface area contributed by atoms with Crippen molar-refractivity contribution in [3.8, 4) is 0 Å². The van der Waals surface area contributed by atoms with E-state index in [9.17, 15) is 14.5 Å². The Labute approximate surface area is 153 Å². The summed E-state index contributed by atoms with van der Waals surface area (Å²) in [6, 6.07) is 6.73. The third kappa shape index (κ3) is 3.40. The van der Waals surface area contributed by atoms with Crippen LogP contribution in [0.1, 0.15) is 18.4 Å². The SMILES string of the molecule is O=[N+]([O-])c1c(NC2CCN(Cc3ccc(F)cc3)CC2)nc2sccn12. The molecule has 9 heteroatoms. The fourth-order valence-electron chi connectivity index (χ4n) is 3.32. The molecule has 2 aromatic heterocycles. The van der Waals surface area contributed by atoms with Crippen LogP contribution in [0.15, 0.2) is 35.8 Å². The van der Waals surface area contributed by atoms with E-state index in [0.717, 1.165) is 38.0 Å². The number of benzene rings is 1. The lowest BCUT2D eigenvalue weighted by Gasteiger charge is -2.32. The number of rotatable bonds is 5. The van der Waals surface area contributed by atoms with E-state index in [1.54, 1.807) is 23.7 Å². The number of aromatic nitrogens is 2. The van der Waals surface area contributed by atoms with Crippen molar-refractivity contribution < 1.29 is 9.31 Å². The molecule has 3 heterocycles. The van der Waals surface area contributed by atoms with E-state index in [1.807, 2.05) is 0 Å². The molecule has 26 heavy (non-hydrogen) atoms. The molecule has 4 rings (SSSR count). The first-order valence-corrected chi connectivity index (χ1v) is 9.31. The number of likely N-dealkylation sites (tertiary alicyclic amines) is 1. The highest BCUT2D eigenvalue weighted by Gasteiger charge is 2.27. The van der Waals surface area contributed by atoms with E-state index in [2.05, 4.69) is 15.2 Å². The lowest BCUT2D eigenvalue weighted by Crippen LogP contribution is -2.38. The molecule has 0 saturated carbocycles. The Balaban J connectivity index is 1.38. The van der Waals surface area contributed by atoms with Crippen LogP contribution in [0.3, 0.4) is 0 Å². The number of nitrogens with one attached hydrogen (secondary N) is 1. The predicted octanol–water partition coefficient (Wildman–Crippen LogP) is 3.52. The van der Waals surface area contributed by atoms with E-state index in [-0.39, 0.29) is 17.7 Å². The Morgan fingerprint density at radius 2 is 2.04 bits per heavy atom. The molecule has 1 fully saturated rings. The summed E-state index contributed by atoms with van der Waals surface area (Å²) in [7, 11) is 0. The zero-order valence-corrected chi connectivity index (χ0v) is 14.8. The minimum atomic E-state index is -0.390. The minimum Gasteiger partial charge on any atom is -0.360 e. The second kappa shape index (κ2) is 7.00. The van der Waals surface area contributed by atoms with Crippen LogP contribution in [0.25, 0.3) is 4.96 Å². The molecule has 0 atom stereocenters. The van der Waals surface area contributed by atoms with Gasteiger partial charge in [0.2, 0.25) is 5.82 Å².